The van der Waals surface area contributed by atoms with Crippen LogP contribution in [0, 0.1) is 11.2 Å². The lowest BCUT2D eigenvalue weighted by molar-refractivity contribution is 0.0595. The number of ether oxygens (including phenoxy) is 1. The molecule has 0 heterocycles. The predicted molar refractivity (Wildman–Crippen MR) is 80.4 cm³/mol. The molecule has 1 aromatic rings. The Labute approximate surface area is 130 Å². The third-order valence-corrected chi connectivity index (χ3v) is 5.10. The minimum absolute atomic E-state index is 0.157. The summed E-state index contributed by atoms with van der Waals surface area (Å²) in [4.78, 5) is 11.4. The van der Waals surface area contributed by atoms with Crippen LogP contribution in [0.5, 0.6) is 0 Å². The van der Waals surface area contributed by atoms with Gasteiger partial charge in [-0.25, -0.2) is 21.9 Å². The molecule has 0 bridgehead atoms. The van der Waals surface area contributed by atoms with Crippen LogP contribution in [0.3, 0.4) is 0 Å². The van der Waals surface area contributed by atoms with Gasteiger partial charge in [0.15, 0.2) is 0 Å². The fourth-order valence-electron chi connectivity index (χ4n) is 1.92. The van der Waals surface area contributed by atoms with Crippen molar-refractivity contribution in [2.24, 2.45) is 11.1 Å². The van der Waals surface area contributed by atoms with E-state index in [1.54, 1.807) is 0 Å². The number of rotatable bonds is 6. The van der Waals surface area contributed by atoms with Crippen LogP contribution < -0.4 is 5.73 Å². The molecular formula is C14H21FN2O4S. The van der Waals surface area contributed by atoms with Crippen LogP contribution >= 0.6 is 0 Å². The molecule has 0 aliphatic rings. The molecule has 0 radical (unpaired) electrons. The van der Waals surface area contributed by atoms with E-state index in [0.717, 1.165) is 29.6 Å². The zero-order valence-electron chi connectivity index (χ0n) is 13.1. The fraction of sp³-hybridized carbons (Fsp3) is 0.500. The molecule has 6 nitrogen and oxygen atoms in total. The molecule has 0 fully saturated rings. The van der Waals surface area contributed by atoms with Crippen LogP contribution in [0.4, 0.5) is 4.39 Å². The number of hydrogen-bond donors (Lipinski definition) is 1. The first-order valence-electron chi connectivity index (χ1n) is 6.59. The van der Waals surface area contributed by atoms with Gasteiger partial charge in [-0.05, 0) is 30.2 Å². The number of sulfonamides is 1. The van der Waals surface area contributed by atoms with Crippen molar-refractivity contribution in [1.82, 2.24) is 4.31 Å². The molecule has 124 valence electrons. The highest BCUT2D eigenvalue weighted by atomic mass is 32.2. The van der Waals surface area contributed by atoms with Gasteiger partial charge in [0.1, 0.15) is 5.82 Å². The van der Waals surface area contributed by atoms with E-state index >= 15 is 0 Å². The number of carbonyl (C=O) groups excluding carboxylic acids is 1. The normalized spacial score (nSPS) is 12.5. The number of carbonyl (C=O) groups is 1. The lowest BCUT2D eigenvalue weighted by Crippen LogP contribution is -2.40. The van der Waals surface area contributed by atoms with Crippen LogP contribution in [-0.2, 0) is 14.8 Å². The zero-order chi connectivity index (χ0) is 17.1. The average molecular weight is 332 g/mol. The Bertz CT molecular complexity index is 659. The third-order valence-electron chi connectivity index (χ3n) is 3.24. The molecule has 0 spiro atoms. The molecule has 0 saturated carbocycles. The van der Waals surface area contributed by atoms with Gasteiger partial charge in [0.05, 0.1) is 17.6 Å². The quantitative estimate of drug-likeness (QED) is 0.791. The zero-order valence-corrected chi connectivity index (χ0v) is 13.9. The highest BCUT2D eigenvalue weighted by Crippen LogP contribution is 2.24. The maximum Gasteiger partial charge on any atom is 0.339 e. The Hall–Kier alpha value is -1.51. The molecule has 0 aromatic heterocycles. The van der Waals surface area contributed by atoms with E-state index in [0.29, 0.717) is 6.54 Å². The topological polar surface area (TPSA) is 89.7 Å². The first-order valence-corrected chi connectivity index (χ1v) is 8.03. The van der Waals surface area contributed by atoms with Crippen molar-refractivity contribution < 1.29 is 22.3 Å². The van der Waals surface area contributed by atoms with Crippen LogP contribution in [-0.4, -0.2) is 45.9 Å². The van der Waals surface area contributed by atoms with Gasteiger partial charge in [-0.1, -0.05) is 13.8 Å². The van der Waals surface area contributed by atoms with Crippen molar-refractivity contribution in [2.75, 3.05) is 27.2 Å². The summed E-state index contributed by atoms with van der Waals surface area (Å²) in [7, 11) is -1.49. The summed E-state index contributed by atoms with van der Waals surface area (Å²) in [5, 5.41) is 0. The summed E-state index contributed by atoms with van der Waals surface area (Å²) in [6.45, 7) is 4.10. The Kier molecular flexibility index (Phi) is 5.66. The molecule has 0 aliphatic heterocycles. The van der Waals surface area contributed by atoms with E-state index in [1.165, 1.54) is 7.05 Å². The number of hydrogen-bond acceptors (Lipinski definition) is 5. The van der Waals surface area contributed by atoms with Crippen molar-refractivity contribution in [2.45, 2.75) is 18.7 Å². The molecule has 1 rings (SSSR count). The standard InChI is InChI=1S/C14H21FN2O4S/c1-14(2,8-16)9-17(3)22(19,20)12-6-5-10(15)7-11(12)13(18)21-4/h5-7H,8-9,16H2,1-4H3. The summed E-state index contributed by atoms with van der Waals surface area (Å²) in [6, 6.07) is 2.89. The van der Waals surface area contributed by atoms with Crippen molar-refractivity contribution >= 4 is 16.0 Å². The lowest BCUT2D eigenvalue weighted by atomic mass is 9.94. The number of nitrogens with zero attached hydrogens (tertiary/aromatic N) is 1. The first kappa shape index (κ1) is 18.5. The van der Waals surface area contributed by atoms with Gasteiger partial charge in [0, 0.05) is 13.6 Å². The summed E-state index contributed by atoms with van der Waals surface area (Å²) in [5.41, 5.74) is 4.84. The molecule has 1 aromatic carbocycles. The van der Waals surface area contributed by atoms with Gasteiger partial charge in [-0.3, -0.25) is 0 Å². The maximum absolute atomic E-state index is 13.3. The summed E-state index contributed by atoms with van der Waals surface area (Å²) < 4.78 is 44.2. The molecule has 0 atom stereocenters. The predicted octanol–water partition coefficient (Wildman–Crippen LogP) is 1.22. The third kappa shape index (κ3) is 4.02. The van der Waals surface area contributed by atoms with Crippen LogP contribution in [0.1, 0.15) is 24.2 Å². The van der Waals surface area contributed by atoms with E-state index in [-0.39, 0.29) is 17.0 Å². The van der Waals surface area contributed by atoms with Crippen LogP contribution in [0.15, 0.2) is 23.1 Å². The van der Waals surface area contributed by atoms with Gasteiger partial charge >= 0.3 is 5.97 Å². The summed E-state index contributed by atoms with van der Waals surface area (Å²) >= 11 is 0. The number of halogens is 1. The van der Waals surface area contributed by atoms with Gasteiger partial charge < -0.3 is 10.5 Å². The molecular weight excluding hydrogens is 311 g/mol. The first-order chi connectivity index (χ1) is 10.0. The van der Waals surface area contributed by atoms with Gasteiger partial charge in [0.2, 0.25) is 10.0 Å². The highest BCUT2D eigenvalue weighted by molar-refractivity contribution is 7.89. The minimum atomic E-state index is -3.97. The van der Waals surface area contributed by atoms with Crippen molar-refractivity contribution in [3.63, 3.8) is 0 Å². The largest absolute Gasteiger partial charge is 0.465 e. The second kappa shape index (κ2) is 6.72. The van der Waals surface area contributed by atoms with E-state index in [1.807, 2.05) is 13.8 Å². The smallest absolute Gasteiger partial charge is 0.339 e. The molecule has 2 N–H and O–H groups in total. The number of benzene rings is 1. The van der Waals surface area contributed by atoms with Gasteiger partial charge in [0.25, 0.3) is 0 Å². The van der Waals surface area contributed by atoms with Crippen molar-refractivity contribution in [1.29, 1.82) is 0 Å². The number of esters is 1. The monoisotopic (exact) mass is 332 g/mol. The fourth-order valence-corrected chi connectivity index (χ4v) is 3.43. The Morgan fingerprint density at radius 2 is 2.00 bits per heavy atom. The van der Waals surface area contributed by atoms with Crippen LogP contribution in [0.2, 0.25) is 0 Å². The highest BCUT2D eigenvalue weighted by Gasteiger charge is 2.31. The van der Waals surface area contributed by atoms with E-state index in [2.05, 4.69) is 4.74 Å². The molecule has 0 unspecified atom stereocenters. The molecule has 0 aliphatic carbocycles. The number of nitrogens with two attached hydrogens (primary N) is 1. The van der Waals surface area contributed by atoms with Crippen LogP contribution in [0.25, 0.3) is 0 Å². The molecule has 22 heavy (non-hydrogen) atoms. The molecule has 0 amide bonds. The van der Waals surface area contributed by atoms with Gasteiger partial charge in [-0.2, -0.15) is 0 Å². The van der Waals surface area contributed by atoms with Crippen molar-refractivity contribution in [3.8, 4) is 0 Å². The Morgan fingerprint density at radius 1 is 1.41 bits per heavy atom. The second-order valence-corrected chi connectivity index (χ2v) is 7.77. The van der Waals surface area contributed by atoms with Gasteiger partial charge in [-0.15, -0.1) is 0 Å². The SMILES string of the molecule is COC(=O)c1cc(F)ccc1S(=O)(=O)N(C)CC(C)(C)CN. The molecule has 8 heteroatoms. The Balaban J connectivity index is 3.31. The van der Waals surface area contributed by atoms with E-state index in [4.69, 9.17) is 5.73 Å². The number of methoxy groups -OCH3 is 1. The molecule has 0 saturated heterocycles. The van der Waals surface area contributed by atoms with E-state index < -0.39 is 27.2 Å². The second-order valence-electron chi connectivity index (χ2n) is 5.76. The summed E-state index contributed by atoms with van der Waals surface area (Å²) in [5.74, 6) is -1.63. The summed E-state index contributed by atoms with van der Waals surface area (Å²) in [6.07, 6.45) is 0. The maximum atomic E-state index is 13.3. The average Bonchev–Trinajstić information content (AvgIpc) is 2.45. The van der Waals surface area contributed by atoms with E-state index in [9.17, 15) is 17.6 Å². The minimum Gasteiger partial charge on any atom is -0.465 e. The Morgan fingerprint density at radius 3 is 2.50 bits per heavy atom. The van der Waals surface area contributed by atoms with Crippen molar-refractivity contribution in [3.05, 3.63) is 29.6 Å². The lowest BCUT2D eigenvalue weighted by Gasteiger charge is -2.28.